The number of alkyl halides is 3. The number of methoxy groups -OCH3 is 1. The second-order valence-electron chi connectivity index (χ2n) is 2.72. The average Bonchev–Trinajstić information content (AvgIpc) is 2.19. The van der Waals surface area contributed by atoms with Crippen LogP contribution >= 0.6 is 23.2 Å². The van der Waals surface area contributed by atoms with E-state index < -0.39 is 11.3 Å². The molecule has 0 saturated heterocycles. The molecule has 1 aromatic carbocycles. The lowest BCUT2D eigenvalue weighted by Gasteiger charge is -2.05. The lowest BCUT2D eigenvalue weighted by molar-refractivity contribution is -0.0558. The summed E-state index contributed by atoms with van der Waals surface area (Å²) in [4.78, 5) is 3.17. The zero-order chi connectivity index (χ0) is 12.3. The van der Waals surface area contributed by atoms with Gasteiger partial charge in [-0.2, -0.15) is 13.2 Å². The van der Waals surface area contributed by atoms with Crippen molar-refractivity contribution in [2.24, 2.45) is 4.99 Å². The van der Waals surface area contributed by atoms with E-state index in [0.29, 0.717) is 5.75 Å². The van der Waals surface area contributed by atoms with Crippen LogP contribution in [-0.2, 0) is 0 Å². The maximum Gasteiger partial charge on any atom is 0.444 e. The summed E-state index contributed by atoms with van der Waals surface area (Å²) >= 11 is 10.7. The van der Waals surface area contributed by atoms with E-state index in [2.05, 4.69) is 4.99 Å². The summed E-state index contributed by atoms with van der Waals surface area (Å²) < 4.78 is 41.1. The van der Waals surface area contributed by atoms with E-state index in [9.17, 15) is 13.2 Å². The zero-order valence-electron chi connectivity index (χ0n) is 7.98. The molecule has 16 heavy (non-hydrogen) atoms. The van der Waals surface area contributed by atoms with Gasteiger partial charge in [-0.05, 0) is 12.1 Å². The minimum absolute atomic E-state index is 0.0294. The van der Waals surface area contributed by atoms with Gasteiger partial charge in [-0.3, -0.25) is 0 Å². The summed E-state index contributed by atoms with van der Waals surface area (Å²) in [5.74, 6) is 0.423. The number of halogens is 5. The molecule has 0 fully saturated rings. The molecule has 0 aliphatic carbocycles. The van der Waals surface area contributed by atoms with E-state index >= 15 is 0 Å². The van der Waals surface area contributed by atoms with Crippen LogP contribution in [0.4, 0.5) is 18.9 Å². The first kappa shape index (κ1) is 13.1. The summed E-state index contributed by atoms with van der Waals surface area (Å²) in [6, 6.07) is 4.07. The minimum Gasteiger partial charge on any atom is -0.497 e. The second kappa shape index (κ2) is 4.93. The highest BCUT2D eigenvalue weighted by molar-refractivity contribution is 6.67. The number of hydrogen-bond donors (Lipinski definition) is 0. The molecule has 1 aromatic rings. The fourth-order valence-electron chi connectivity index (χ4n) is 0.874. The number of hydrogen-bond acceptors (Lipinski definition) is 2. The summed E-state index contributed by atoms with van der Waals surface area (Å²) in [5, 5.41) is -1.44. The van der Waals surface area contributed by atoms with Crippen molar-refractivity contribution < 1.29 is 17.9 Å². The van der Waals surface area contributed by atoms with Crippen molar-refractivity contribution in [3.8, 4) is 5.75 Å². The van der Waals surface area contributed by atoms with Gasteiger partial charge in [0.1, 0.15) is 5.75 Å². The van der Waals surface area contributed by atoms with Gasteiger partial charge in [0.15, 0.2) is 0 Å². The Balaban J connectivity index is 3.07. The largest absolute Gasteiger partial charge is 0.497 e. The number of benzene rings is 1. The van der Waals surface area contributed by atoms with E-state index in [4.69, 9.17) is 27.9 Å². The van der Waals surface area contributed by atoms with Gasteiger partial charge in [0.2, 0.25) is 5.17 Å². The molecular weight excluding hydrogens is 266 g/mol. The first-order valence-electron chi connectivity index (χ1n) is 3.99. The molecule has 0 atom stereocenters. The Hall–Kier alpha value is -0.940. The highest BCUT2D eigenvalue weighted by atomic mass is 35.5. The zero-order valence-corrected chi connectivity index (χ0v) is 9.49. The molecule has 7 heteroatoms. The van der Waals surface area contributed by atoms with E-state index in [-0.39, 0.29) is 10.7 Å². The van der Waals surface area contributed by atoms with Crippen molar-refractivity contribution >= 4 is 34.1 Å². The molecule has 0 saturated carbocycles. The monoisotopic (exact) mass is 271 g/mol. The lowest BCUT2D eigenvalue weighted by Crippen LogP contribution is -2.16. The fraction of sp³-hybridized carbons (Fsp3) is 0.222. The van der Waals surface area contributed by atoms with Gasteiger partial charge in [0.05, 0.1) is 17.8 Å². The van der Waals surface area contributed by atoms with Crippen molar-refractivity contribution in [2.45, 2.75) is 6.18 Å². The van der Waals surface area contributed by atoms with Crippen LogP contribution in [-0.4, -0.2) is 18.5 Å². The molecule has 0 amide bonds. The van der Waals surface area contributed by atoms with Crippen molar-refractivity contribution in [2.75, 3.05) is 7.11 Å². The molecule has 0 aliphatic heterocycles. The van der Waals surface area contributed by atoms with Gasteiger partial charge < -0.3 is 4.74 Å². The smallest absolute Gasteiger partial charge is 0.444 e. The van der Waals surface area contributed by atoms with Gasteiger partial charge in [-0.15, -0.1) is 0 Å². The van der Waals surface area contributed by atoms with Gasteiger partial charge in [0.25, 0.3) is 0 Å². The Morgan fingerprint density at radius 1 is 1.38 bits per heavy atom. The number of nitrogens with zero attached hydrogens (tertiary/aromatic N) is 1. The lowest BCUT2D eigenvalue weighted by atomic mass is 10.3. The maximum atomic E-state index is 12.1. The Bertz CT molecular complexity index is 418. The summed E-state index contributed by atoms with van der Waals surface area (Å²) in [5.41, 5.74) is -0.0650. The van der Waals surface area contributed by atoms with Gasteiger partial charge in [0, 0.05) is 6.07 Å². The molecule has 1 rings (SSSR count). The van der Waals surface area contributed by atoms with Crippen LogP contribution in [0.2, 0.25) is 5.02 Å². The molecule has 0 aromatic heterocycles. The molecule has 88 valence electrons. The predicted molar refractivity (Wildman–Crippen MR) is 57.0 cm³/mol. The minimum atomic E-state index is -4.68. The molecule has 0 N–H and O–H groups in total. The standard InChI is InChI=1S/C9H6Cl2F3NO/c1-16-5-2-3-7(6(10)4-5)15-8(11)9(12,13)14/h2-4H,1H3. The third kappa shape index (κ3) is 3.28. The molecule has 0 bridgehead atoms. The van der Waals surface area contributed by atoms with Crippen molar-refractivity contribution in [3.05, 3.63) is 23.2 Å². The third-order valence-electron chi connectivity index (χ3n) is 1.61. The van der Waals surface area contributed by atoms with Crippen LogP contribution in [0.15, 0.2) is 23.2 Å². The molecular formula is C9H6Cl2F3NO. The fourth-order valence-corrected chi connectivity index (χ4v) is 1.18. The maximum absolute atomic E-state index is 12.1. The summed E-state index contributed by atoms with van der Waals surface area (Å²) in [6.45, 7) is 0. The molecule has 2 nitrogen and oxygen atoms in total. The topological polar surface area (TPSA) is 21.6 Å². The van der Waals surface area contributed by atoms with E-state index in [1.54, 1.807) is 0 Å². The Labute approximate surface area is 99.6 Å². The SMILES string of the molecule is COc1ccc(N=C(Cl)C(F)(F)F)c(Cl)c1. The van der Waals surface area contributed by atoms with E-state index in [1.807, 2.05) is 0 Å². The first-order valence-corrected chi connectivity index (χ1v) is 4.75. The van der Waals surface area contributed by atoms with Gasteiger partial charge >= 0.3 is 6.18 Å². The molecule has 0 unspecified atom stereocenters. The van der Waals surface area contributed by atoms with Crippen LogP contribution in [0.1, 0.15) is 0 Å². The van der Waals surface area contributed by atoms with Crippen LogP contribution in [0.5, 0.6) is 5.75 Å². The average molecular weight is 272 g/mol. The molecule has 0 spiro atoms. The number of rotatable bonds is 2. The van der Waals surface area contributed by atoms with Crippen LogP contribution < -0.4 is 4.74 Å². The second-order valence-corrected chi connectivity index (χ2v) is 3.48. The van der Waals surface area contributed by atoms with Crippen LogP contribution in [0.3, 0.4) is 0 Å². The third-order valence-corrected chi connectivity index (χ3v) is 2.21. The first-order chi connectivity index (χ1) is 7.34. The normalized spacial score (nSPS) is 12.8. The predicted octanol–water partition coefficient (Wildman–Crippen LogP) is 4.18. The van der Waals surface area contributed by atoms with Crippen LogP contribution in [0, 0.1) is 0 Å². The van der Waals surface area contributed by atoms with E-state index in [0.717, 1.165) is 0 Å². The molecule has 0 aliphatic rings. The summed E-state index contributed by atoms with van der Waals surface area (Å²) in [6.07, 6.45) is -4.68. The number of ether oxygens (including phenoxy) is 1. The van der Waals surface area contributed by atoms with Crippen LogP contribution in [0.25, 0.3) is 0 Å². The number of aliphatic imine (C=N–C) groups is 1. The van der Waals surface area contributed by atoms with Gasteiger partial charge in [-0.1, -0.05) is 23.2 Å². The highest BCUT2D eigenvalue weighted by Crippen LogP contribution is 2.31. The van der Waals surface area contributed by atoms with Crippen molar-refractivity contribution in [1.82, 2.24) is 0 Å². The Morgan fingerprint density at radius 3 is 2.44 bits per heavy atom. The Kier molecular flexibility index (Phi) is 4.04. The highest BCUT2D eigenvalue weighted by Gasteiger charge is 2.34. The molecule has 0 heterocycles. The van der Waals surface area contributed by atoms with Crippen molar-refractivity contribution in [1.29, 1.82) is 0 Å². The van der Waals surface area contributed by atoms with Crippen molar-refractivity contribution in [3.63, 3.8) is 0 Å². The quantitative estimate of drug-likeness (QED) is 0.740. The summed E-state index contributed by atoms with van der Waals surface area (Å²) in [7, 11) is 1.41. The van der Waals surface area contributed by atoms with Gasteiger partial charge in [-0.25, -0.2) is 4.99 Å². The van der Waals surface area contributed by atoms with E-state index in [1.165, 1.54) is 25.3 Å². The molecule has 0 radical (unpaired) electrons. The Morgan fingerprint density at radius 2 is 2.00 bits per heavy atom.